The van der Waals surface area contributed by atoms with Crippen LogP contribution in [0.3, 0.4) is 0 Å². The predicted octanol–water partition coefficient (Wildman–Crippen LogP) is 6.48. The summed E-state index contributed by atoms with van der Waals surface area (Å²) in [7, 11) is 0. The van der Waals surface area contributed by atoms with E-state index in [1.165, 1.54) is 77.3 Å². The number of hydrogen-bond donors (Lipinski definition) is 0. The van der Waals surface area contributed by atoms with E-state index in [1.807, 2.05) is 0 Å². The van der Waals surface area contributed by atoms with E-state index >= 15 is 0 Å². The number of allylic oxidation sites excluding steroid dienone is 5. The number of ketones is 1. The lowest BCUT2D eigenvalue weighted by atomic mass is 9.48. The number of hydrogen-bond acceptors (Lipinski definition) is 3. The number of carbonyl (C=O) groups excluding carboxylic acids is 1. The summed E-state index contributed by atoms with van der Waals surface area (Å²) in [6.45, 7) is 9.69. The van der Waals surface area contributed by atoms with Gasteiger partial charge in [-0.25, -0.2) is 0 Å². The Morgan fingerprint density at radius 3 is 2.39 bits per heavy atom. The zero-order valence-electron chi connectivity index (χ0n) is 21.1. The van der Waals surface area contributed by atoms with E-state index in [0.717, 1.165) is 37.4 Å². The molecule has 4 fully saturated rings. The van der Waals surface area contributed by atoms with Gasteiger partial charge in [-0.15, -0.1) is 0 Å². The monoisotopic (exact) mass is 448 g/mol. The third kappa shape index (κ3) is 3.55. The van der Waals surface area contributed by atoms with Crippen LogP contribution in [0.5, 0.6) is 0 Å². The van der Waals surface area contributed by atoms with E-state index in [1.54, 1.807) is 11.3 Å². The number of rotatable bonds is 2. The van der Waals surface area contributed by atoms with Crippen molar-refractivity contribution in [2.45, 2.75) is 90.9 Å². The Balaban J connectivity index is 1.26. The fraction of sp³-hybridized carbons (Fsp3) is 0.767. The molecule has 3 heteroatoms. The highest BCUT2D eigenvalue weighted by molar-refractivity contribution is 6.02. The van der Waals surface area contributed by atoms with Crippen LogP contribution in [0.15, 0.2) is 35.2 Å². The van der Waals surface area contributed by atoms with Gasteiger partial charge in [-0.3, -0.25) is 4.79 Å². The van der Waals surface area contributed by atoms with Crippen LogP contribution in [-0.2, 0) is 4.79 Å². The van der Waals surface area contributed by atoms with Crippen molar-refractivity contribution in [1.29, 1.82) is 0 Å². The zero-order chi connectivity index (χ0) is 22.6. The van der Waals surface area contributed by atoms with E-state index < -0.39 is 0 Å². The minimum atomic E-state index is -0.117. The molecule has 0 spiro atoms. The molecule has 5 atom stereocenters. The van der Waals surface area contributed by atoms with Gasteiger partial charge in [0.2, 0.25) is 0 Å². The Labute approximate surface area is 201 Å². The third-order valence-corrected chi connectivity index (χ3v) is 10.9. The van der Waals surface area contributed by atoms with Crippen molar-refractivity contribution in [3.05, 3.63) is 35.2 Å². The van der Waals surface area contributed by atoms with Gasteiger partial charge in [0.05, 0.1) is 0 Å². The molecule has 4 aliphatic carbocycles. The van der Waals surface area contributed by atoms with Crippen molar-refractivity contribution in [2.75, 3.05) is 26.2 Å². The Kier molecular flexibility index (Phi) is 5.54. The van der Waals surface area contributed by atoms with Crippen molar-refractivity contribution in [3.8, 4) is 0 Å². The summed E-state index contributed by atoms with van der Waals surface area (Å²) in [6, 6.07) is 0. The van der Waals surface area contributed by atoms with Crippen molar-refractivity contribution in [3.63, 3.8) is 0 Å². The van der Waals surface area contributed by atoms with Crippen LogP contribution in [0.4, 0.5) is 0 Å². The highest BCUT2D eigenvalue weighted by Crippen LogP contribution is 2.64. The van der Waals surface area contributed by atoms with Crippen molar-refractivity contribution < 1.29 is 4.79 Å². The molecule has 0 aromatic heterocycles. The zero-order valence-corrected chi connectivity index (χ0v) is 21.1. The molecule has 0 amide bonds. The molecule has 2 aliphatic heterocycles. The fourth-order valence-electron chi connectivity index (χ4n) is 8.80. The van der Waals surface area contributed by atoms with Gasteiger partial charge in [0.15, 0.2) is 5.78 Å². The molecule has 6 rings (SSSR count). The standard InChI is InChI=1S/C30H44N2O/c1-29-13-11-24(32-17-7-4-8-18-32)20-23(29)9-10-25-26(29)12-14-30(2)27(25)19-22(28(30)33)21-31-15-5-3-6-16-31/h9,20-21,25-27H,3-8,10-19H2,1-2H3/b22-21+/t25-,26+,27+,29+,30+/m1/s1. The number of Topliss-reactive ketones (excluding diaryl/α,β-unsaturated/α-hetero) is 1. The van der Waals surface area contributed by atoms with E-state index in [4.69, 9.17) is 0 Å². The molecule has 0 aromatic carbocycles. The van der Waals surface area contributed by atoms with Gasteiger partial charge in [-0.05, 0) is 112 Å². The average Bonchev–Trinajstić information content (AvgIpc) is 3.10. The first-order chi connectivity index (χ1) is 16.0. The number of nitrogens with zero attached hydrogens (tertiary/aromatic N) is 2. The largest absolute Gasteiger partial charge is 0.377 e. The van der Waals surface area contributed by atoms with Crippen LogP contribution in [0.1, 0.15) is 90.9 Å². The highest BCUT2D eigenvalue weighted by Gasteiger charge is 2.59. The molecule has 2 heterocycles. The molecule has 33 heavy (non-hydrogen) atoms. The maximum absolute atomic E-state index is 13.7. The van der Waals surface area contributed by atoms with Crippen LogP contribution in [0.25, 0.3) is 0 Å². The van der Waals surface area contributed by atoms with Crippen molar-refractivity contribution in [1.82, 2.24) is 9.80 Å². The van der Waals surface area contributed by atoms with Crippen LogP contribution in [0.2, 0.25) is 0 Å². The van der Waals surface area contributed by atoms with Crippen molar-refractivity contribution >= 4 is 5.78 Å². The minimum absolute atomic E-state index is 0.117. The van der Waals surface area contributed by atoms with Gasteiger partial charge < -0.3 is 9.80 Å². The third-order valence-electron chi connectivity index (χ3n) is 10.9. The number of carbonyl (C=O) groups is 1. The van der Waals surface area contributed by atoms with Crippen LogP contribution < -0.4 is 0 Å². The second-order valence-electron chi connectivity index (χ2n) is 12.6. The molecule has 0 radical (unpaired) electrons. The summed E-state index contributed by atoms with van der Waals surface area (Å²) in [5.41, 5.74) is 4.59. The van der Waals surface area contributed by atoms with Crippen LogP contribution in [0, 0.1) is 28.6 Å². The quantitative estimate of drug-likeness (QED) is 0.452. The Hall–Kier alpha value is -1.51. The van der Waals surface area contributed by atoms with Gasteiger partial charge in [0.1, 0.15) is 0 Å². The summed E-state index contributed by atoms with van der Waals surface area (Å²) >= 11 is 0. The second kappa shape index (κ2) is 8.31. The fourth-order valence-corrected chi connectivity index (χ4v) is 8.80. The van der Waals surface area contributed by atoms with E-state index in [0.29, 0.717) is 23.0 Å². The number of piperidine rings is 2. The Bertz CT molecular complexity index is 887. The molecular formula is C30H44N2O. The van der Waals surface area contributed by atoms with E-state index in [2.05, 4.69) is 42.0 Å². The lowest BCUT2D eigenvalue weighted by Gasteiger charge is -2.56. The lowest BCUT2D eigenvalue weighted by molar-refractivity contribution is -0.129. The second-order valence-corrected chi connectivity index (χ2v) is 12.6. The molecule has 0 aromatic rings. The topological polar surface area (TPSA) is 23.6 Å². The summed E-state index contributed by atoms with van der Waals surface area (Å²) in [5, 5.41) is 0. The predicted molar refractivity (Wildman–Crippen MR) is 134 cm³/mol. The molecule has 180 valence electrons. The molecular weight excluding hydrogens is 404 g/mol. The smallest absolute Gasteiger partial charge is 0.166 e. The first kappa shape index (κ1) is 22.0. The summed E-state index contributed by atoms with van der Waals surface area (Å²) in [6.07, 6.45) is 22.6. The normalized spacial score (nSPS) is 42.4. The van der Waals surface area contributed by atoms with Gasteiger partial charge in [-0.1, -0.05) is 19.9 Å². The lowest BCUT2D eigenvalue weighted by Crippen LogP contribution is -2.49. The van der Waals surface area contributed by atoms with Gasteiger partial charge >= 0.3 is 0 Å². The van der Waals surface area contributed by atoms with Crippen LogP contribution in [-0.4, -0.2) is 41.8 Å². The molecule has 2 saturated carbocycles. The molecule has 0 unspecified atom stereocenters. The molecule has 0 N–H and O–H groups in total. The summed E-state index contributed by atoms with van der Waals surface area (Å²) < 4.78 is 0. The Morgan fingerprint density at radius 1 is 0.909 bits per heavy atom. The maximum atomic E-state index is 13.7. The van der Waals surface area contributed by atoms with Crippen molar-refractivity contribution in [2.24, 2.45) is 28.6 Å². The summed E-state index contributed by atoms with van der Waals surface area (Å²) in [4.78, 5) is 18.8. The van der Waals surface area contributed by atoms with Gasteiger partial charge in [0.25, 0.3) is 0 Å². The number of fused-ring (bicyclic) bond motifs is 5. The summed E-state index contributed by atoms with van der Waals surface area (Å²) in [5.74, 6) is 2.46. The first-order valence-electron chi connectivity index (χ1n) is 14.1. The van der Waals surface area contributed by atoms with Crippen LogP contribution >= 0.6 is 0 Å². The average molecular weight is 449 g/mol. The van der Waals surface area contributed by atoms with E-state index in [-0.39, 0.29) is 5.41 Å². The molecule has 2 saturated heterocycles. The van der Waals surface area contributed by atoms with Gasteiger partial charge in [0, 0.05) is 49.1 Å². The van der Waals surface area contributed by atoms with E-state index in [9.17, 15) is 4.79 Å². The first-order valence-corrected chi connectivity index (χ1v) is 14.1. The molecule has 0 bridgehead atoms. The number of likely N-dealkylation sites (tertiary alicyclic amines) is 2. The minimum Gasteiger partial charge on any atom is -0.377 e. The SMILES string of the molecule is C[C@]12CCC(N3CCCCC3)=CC1=CC[C@@H]1[C@@H]2CC[C@]2(C)C(=O)/C(=C/N3CCCCC3)C[C@@H]12. The Morgan fingerprint density at radius 2 is 1.64 bits per heavy atom. The molecule has 6 aliphatic rings. The molecule has 3 nitrogen and oxygen atoms in total. The van der Waals surface area contributed by atoms with Gasteiger partial charge in [-0.2, -0.15) is 0 Å². The highest BCUT2D eigenvalue weighted by atomic mass is 16.1. The maximum Gasteiger partial charge on any atom is 0.166 e.